The standard InChI is InChI=1S/C15H23NO3/c1-3-13(17)11-16-15(18)9-6-10-19-14-8-5-4-7-12(14)2/h4-5,7-8,13,17H,3,6,9-11H2,1-2H3,(H,16,18). The second kappa shape index (κ2) is 8.53. The summed E-state index contributed by atoms with van der Waals surface area (Å²) >= 11 is 0. The molecule has 4 nitrogen and oxygen atoms in total. The third-order valence-corrected chi connectivity index (χ3v) is 2.91. The second-order valence-corrected chi connectivity index (χ2v) is 4.58. The number of rotatable bonds is 8. The van der Waals surface area contributed by atoms with E-state index < -0.39 is 6.10 Å². The predicted molar refractivity (Wildman–Crippen MR) is 75.2 cm³/mol. The number of amides is 1. The van der Waals surface area contributed by atoms with E-state index >= 15 is 0 Å². The Hall–Kier alpha value is -1.55. The van der Waals surface area contributed by atoms with Crippen LogP contribution in [0.15, 0.2) is 24.3 Å². The number of aliphatic hydroxyl groups is 1. The van der Waals surface area contributed by atoms with Gasteiger partial charge in [0.05, 0.1) is 12.7 Å². The average Bonchev–Trinajstić information content (AvgIpc) is 2.42. The maximum Gasteiger partial charge on any atom is 0.220 e. The molecule has 0 heterocycles. The van der Waals surface area contributed by atoms with Gasteiger partial charge in [-0.15, -0.1) is 0 Å². The molecule has 4 heteroatoms. The smallest absolute Gasteiger partial charge is 0.220 e. The van der Waals surface area contributed by atoms with Crippen LogP contribution in [0.1, 0.15) is 31.7 Å². The lowest BCUT2D eigenvalue weighted by Crippen LogP contribution is -2.31. The lowest BCUT2D eigenvalue weighted by Gasteiger charge is -2.10. The fourth-order valence-corrected chi connectivity index (χ4v) is 1.60. The van der Waals surface area contributed by atoms with E-state index in [2.05, 4.69) is 5.32 Å². The van der Waals surface area contributed by atoms with E-state index in [4.69, 9.17) is 4.74 Å². The number of aliphatic hydroxyl groups excluding tert-OH is 1. The highest BCUT2D eigenvalue weighted by molar-refractivity contribution is 5.75. The van der Waals surface area contributed by atoms with Crippen molar-refractivity contribution in [3.05, 3.63) is 29.8 Å². The van der Waals surface area contributed by atoms with E-state index in [-0.39, 0.29) is 5.91 Å². The number of hydrogen-bond acceptors (Lipinski definition) is 3. The van der Waals surface area contributed by atoms with Crippen LogP contribution in [0.3, 0.4) is 0 Å². The fraction of sp³-hybridized carbons (Fsp3) is 0.533. The summed E-state index contributed by atoms with van der Waals surface area (Å²) in [6.45, 7) is 4.73. The van der Waals surface area contributed by atoms with Gasteiger partial charge in [-0.25, -0.2) is 0 Å². The summed E-state index contributed by atoms with van der Waals surface area (Å²) in [6.07, 6.45) is 1.29. The highest BCUT2D eigenvalue weighted by Crippen LogP contribution is 2.16. The molecule has 0 spiro atoms. The van der Waals surface area contributed by atoms with Crippen molar-refractivity contribution in [2.45, 2.75) is 39.2 Å². The van der Waals surface area contributed by atoms with Gasteiger partial charge in [-0.2, -0.15) is 0 Å². The van der Waals surface area contributed by atoms with Gasteiger partial charge >= 0.3 is 0 Å². The molecule has 1 rings (SSSR count). The van der Waals surface area contributed by atoms with Crippen molar-refractivity contribution in [2.24, 2.45) is 0 Å². The number of para-hydroxylation sites is 1. The zero-order valence-corrected chi connectivity index (χ0v) is 11.7. The van der Waals surface area contributed by atoms with E-state index in [0.717, 1.165) is 11.3 Å². The maximum atomic E-state index is 11.5. The van der Waals surface area contributed by atoms with Gasteiger partial charge in [-0.3, -0.25) is 4.79 Å². The molecule has 106 valence electrons. The molecule has 0 bridgehead atoms. The van der Waals surface area contributed by atoms with Gasteiger partial charge in [0.25, 0.3) is 0 Å². The van der Waals surface area contributed by atoms with E-state index in [1.807, 2.05) is 38.1 Å². The average molecular weight is 265 g/mol. The number of ether oxygens (including phenoxy) is 1. The van der Waals surface area contributed by atoms with Gasteiger partial charge in [0, 0.05) is 13.0 Å². The molecule has 0 fully saturated rings. The molecule has 0 saturated heterocycles. The Kier molecular flexibility index (Phi) is 6.97. The first kappa shape index (κ1) is 15.5. The van der Waals surface area contributed by atoms with Gasteiger partial charge in [-0.1, -0.05) is 25.1 Å². The van der Waals surface area contributed by atoms with Crippen molar-refractivity contribution < 1.29 is 14.6 Å². The fourth-order valence-electron chi connectivity index (χ4n) is 1.60. The van der Waals surface area contributed by atoms with Gasteiger partial charge in [0.2, 0.25) is 5.91 Å². The highest BCUT2D eigenvalue weighted by atomic mass is 16.5. The van der Waals surface area contributed by atoms with Crippen LogP contribution in [0.4, 0.5) is 0 Å². The van der Waals surface area contributed by atoms with Gasteiger partial charge < -0.3 is 15.2 Å². The topological polar surface area (TPSA) is 58.6 Å². The minimum Gasteiger partial charge on any atom is -0.493 e. The lowest BCUT2D eigenvalue weighted by molar-refractivity contribution is -0.121. The normalized spacial score (nSPS) is 11.9. The number of carbonyl (C=O) groups excluding carboxylic acids is 1. The predicted octanol–water partition coefficient (Wildman–Crippen LogP) is 2.04. The molecule has 1 amide bonds. The summed E-state index contributed by atoms with van der Waals surface area (Å²) in [5.41, 5.74) is 1.10. The summed E-state index contributed by atoms with van der Waals surface area (Å²) in [5.74, 6) is 0.824. The molecule has 19 heavy (non-hydrogen) atoms. The number of carbonyl (C=O) groups is 1. The zero-order chi connectivity index (χ0) is 14.1. The first-order valence-electron chi connectivity index (χ1n) is 6.76. The monoisotopic (exact) mass is 265 g/mol. The number of benzene rings is 1. The quantitative estimate of drug-likeness (QED) is 0.707. The Bertz CT molecular complexity index is 393. The Labute approximate surface area is 114 Å². The van der Waals surface area contributed by atoms with Crippen LogP contribution in [-0.2, 0) is 4.79 Å². The summed E-state index contributed by atoms with van der Waals surface area (Å²) in [4.78, 5) is 11.5. The van der Waals surface area contributed by atoms with Crippen LogP contribution in [0.5, 0.6) is 5.75 Å². The van der Waals surface area contributed by atoms with E-state index in [9.17, 15) is 9.90 Å². The maximum absolute atomic E-state index is 11.5. The molecule has 2 N–H and O–H groups in total. The molecule has 0 saturated carbocycles. The minimum absolute atomic E-state index is 0.0408. The molecule has 0 aliphatic rings. The lowest BCUT2D eigenvalue weighted by atomic mass is 10.2. The van der Waals surface area contributed by atoms with Crippen molar-refractivity contribution in [3.63, 3.8) is 0 Å². The van der Waals surface area contributed by atoms with E-state index in [1.165, 1.54) is 0 Å². The second-order valence-electron chi connectivity index (χ2n) is 4.58. The molecule has 0 aromatic heterocycles. The SMILES string of the molecule is CCC(O)CNC(=O)CCCOc1ccccc1C. The van der Waals surface area contributed by atoms with Crippen LogP contribution < -0.4 is 10.1 Å². The van der Waals surface area contributed by atoms with E-state index in [1.54, 1.807) is 0 Å². The summed E-state index contributed by atoms with van der Waals surface area (Å²) in [5, 5.41) is 12.0. The van der Waals surface area contributed by atoms with Crippen LogP contribution in [0, 0.1) is 6.92 Å². The number of nitrogens with one attached hydrogen (secondary N) is 1. The van der Waals surface area contributed by atoms with Crippen molar-refractivity contribution in [1.29, 1.82) is 0 Å². The molecular weight excluding hydrogens is 242 g/mol. The first-order chi connectivity index (χ1) is 9.13. The Morgan fingerprint density at radius 3 is 2.84 bits per heavy atom. The Balaban J connectivity index is 2.14. The first-order valence-corrected chi connectivity index (χ1v) is 6.76. The largest absolute Gasteiger partial charge is 0.493 e. The van der Waals surface area contributed by atoms with Gasteiger partial charge in [0.1, 0.15) is 5.75 Å². The molecule has 1 unspecified atom stereocenters. The number of hydrogen-bond donors (Lipinski definition) is 2. The zero-order valence-electron chi connectivity index (χ0n) is 11.7. The van der Waals surface area contributed by atoms with Gasteiger partial charge in [-0.05, 0) is 31.4 Å². The summed E-state index contributed by atoms with van der Waals surface area (Å²) in [7, 11) is 0. The Morgan fingerprint density at radius 2 is 2.16 bits per heavy atom. The molecule has 0 aliphatic carbocycles. The molecule has 0 radical (unpaired) electrons. The molecule has 0 aliphatic heterocycles. The third-order valence-electron chi connectivity index (χ3n) is 2.91. The molecular formula is C15H23NO3. The third kappa shape index (κ3) is 6.25. The van der Waals surface area contributed by atoms with Gasteiger partial charge in [0.15, 0.2) is 0 Å². The van der Waals surface area contributed by atoms with Crippen LogP contribution in [-0.4, -0.2) is 30.3 Å². The minimum atomic E-state index is -0.452. The van der Waals surface area contributed by atoms with Crippen molar-refractivity contribution in [1.82, 2.24) is 5.32 Å². The Morgan fingerprint density at radius 1 is 1.42 bits per heavy atom. The molecule has 1 aromatic rings. The molecule has 1 atom stereocenters. The van der Waals surface area contributed by atoms with Crippen LogP contribution >= 0.6 is 0 Å². The highest BCUT2D eigenvalue weighted by Gasteiger charge is 2.05. The summed E-state index contributed by atoms with van der Waals surface area (Å²) in [6, 6.07) is 7.82. The van der Waals surface area contributed by atoms with Crippen molar-refractivity contribution in [2.75, 3.05) is 13.2 Å². The van der Waals surface area contributed by atoms with Crippen LogP contribution in [0.25, 0.3) is 0 Å². The van der Waals surface area contributed by atoms with Crippen LogP contribution in [0.2, 0.25) is 0 Å². The number of aryl methyl sites for hydroxylation is 1. The molecule has 1 aromatic carbocycles. The van der Waals surface area contributed by atoms with Crippen molar-refractivity contribution >= 4 is 5.91 Å². The van der Waals surface area contributed by atoms with E-state index in [0.29, 0.717) is 32.4 Å². The van der Waals surface area contributed by atoms with Crippen molar-refractivity contribution in [3.8, 4) is 5.75 Å². The summed E-state index contributed by atoms with van der Waals surface area (Å²) < 4.78 is 5.60.